The van der Waals surface area contributed by atoms with Gasteiger partial charge in [-0.1, -0.05) is 72.3 Å². The van der Waals surface area contributed by atoms with Gasteiger partial charge in [-0.15, -0.1) is 0 Å². The Morgan fingerprint density at radius 2 is 1.73 bits per heavy atom. The van der Waals surface area contributed by atoms with Crippen molar-refractivity contribution in [2.24, 2.45) is 22.2 Å². The summed E-state index contributed by atoms with van der Waals surface area (Å²) in [7, 11) is 0. The van der Waals surface area contributed by atoms with Gasteiger partial charge in [0.05, 0.1) is 6.04 Å². The molecule has 1 aliphatic heterocycles. The Kier molecular flexibility index (Phi) is 9.14. The number of carbonyl (C=O) groups excluding carboxylic acids is 1. The first kappa shape index (κ1) is 26.6. The number of aliphatic imine (C=N–C) groups is 1. The second-order valence-corrected chi connectivity index (χ2v) is 10.2. The van der Waals surface area contributed by atoms with E-state index in [-0.39, 0.29) is 17.9 Å². The van der Waals surface area contributed by atoms with Crippen molar-refractivity contribution in [3.05, 3.63) is 83.4 Å². The van der Waals surface area contributed by atoms with Gasteiger partial charge in [0.1, 0.15) is 0 Å². The van der Waals surface area contributed by atoms with Gasteiger partial charge < -0.3 is 22.1 Å². The number of piperazine rings is 1. The predicted octanol–water partition coefficient (Wildman–Crippen LogP) is 2.83. The third-order valence-corrected chi connectivity index (χ3v) is 7.26. The first-order valence-corrected chi connectivity index (χ1v) is 13.3. The van der Waals surface area contributed by atoms with E-state index in [9.17, 15) is 4.79 Å². The zero-order valence-electron chi connectivity index (χ0n) is 21.9. The van der Waals surface area contributed by atoms with E-state index in [0.717, 1.165) is 44.5 Å². The van der Waals surface area contributed by atoms with E-state index in [1.54, 1.807) is 0 Å². The van der Waals surface area contributed by atoms with Crippen LogP contribution in [0.1, 0.15) is 29.5 Å². The minimum Gasteiger partial charge on any atom is -0.370 e. The lowest BCUT2D eigenvalue weighted by molar-refractivity contribution is -0.137. The molecule has 0 spiro atoms. The summed E-state index contributed by atoms with van der Waals surface area (Å²) in [5, 5.41) is 2.35. The number of nitrogens with zero attached hydrogens (tertiary/aromatic N) is 3. The van der Waals surface area contributed by atoms with Gasteiger partial charge in [0.15, 0.2) is 5.96 Å². The van der Waals surface area contributed by atoms with Crippen molar-refractivity contribution >= 4 is 22.6 Å². The van der Waals surface area contributed by atoms with Gasteiger partial charge in [0.2, 0.25) is 5.91 Å². The second kappa shape index (κ2) is 12.7. The molecule has 1 aliphatic rings. The van der Waals surface area contributed by atoms with E-state index in [1.165, 1.54) is 21.9 Å². The molecule has 6 N–H and O–H groups in total. The Hall–Kier alpha value is -3.42. The van der Waals surface area contributed by atoms with Crippen molar-refractivity contribution in [3.8, 4) is 0 Å². The van der Waals surface area contributed by atoms with Crippen molar-refractivity contribution in [1.82, 2.24) is 9.80 Å². The van der Waals surface area contributed by atoms with Crippen LogP contribution in [0.25, 0.3) is 10.8 Å². The molecular weight excluding hydrogens is 460 g/mol. The van der Waals surface area contributed by atoms with Crippen molar-refractivity contribution in [1.29, 1.82) is 0 Å². The molecule has 196 valence electrons. The highest BCUT2D eigenvalue weighted by atomic mass is 16.2. The average molecular weight is 501 g/mol. The third-order valence-electron chi connectivity index (χ3n) is 7.26. The SMILES string of the molecule is Cc1ccc(CCN2CCN(C(=O)[C@H](N)Cc3ccc4ccccc4c3)C(CCCN=C(N)N)C2)cc1. The molecular formula is C30H40N6O. The fraction of sp³-hybridized carbons (Fsp3) is 0.400. The van der Waals surface area contributed by atoms with Crippen molar-refractivity contribution in [2.45, 2.75) is 44.7 Å². The van der Waals surface area contributed by atoms with Crippen LogP contribution in [-0.4, -0.2) is 66.5 Å². The maximum atomic E-state index is 13.6. The van der Waals surface area contributed by atoms with Gasteiger partial charge in [-0.25, -0.2) is 0 Å². The molecule has 2 atom stereocenters. The van der Waals surface area contributed by atoms with E-state index in [0.29, 0.717) is 19.5 Å². The van der Waals surface area contributed by atoms with Crippen molar-refractivity contribution in [3.63, 3.8) is 0 Å². The number of carbonyl (C=O) groups is 1. The molecule has 7 heteroatoms. The molecule has 1 heterocycles. The summed E-state index contributed by atoms with van der Waals surface area (Å²) < 4.78 is 0. The molecule has 0 saturated carbocycles. The molecule has 0 bridgehead atoms. The number of amides is 1. The van der Waals surface area contributed by atoms with Gasteiger partial charge in [-0.05, 0) is 54.5 Å². The van der Waals surface area contributed by atoms with Crippen LogP contribution >= 0.6 is 0 Å². The summed E-state index contributed by atoms with van der Waals surface area (Å²) in [5.74, 6) is 0.131. The molecule has 1 amide bonds. The Morgan fingerprint density at radius 1 is 1.00 bits per heavy atom. The van der Waals surface area contributed by atoms with Crippen molar-refractivity contribution in [2.75, 3.05) is 32.7 Å². The Bertz CT molecular complexity index is 1200. The largest absolute Gasteiger partial charge is 0.370 e. The predicted molar refractivity (Wildman–Crippen MR) is 152 cm³/mol. The summed E-state index contributed by atoms with van der Waals surface area (Å²) in [4.78, 5) is 22.1. The van der Waals surface area contributed by atoms with Crippen LogP contribution in [0.5, 0.6) is 0 Å². The number of hydrogen-bond acceptors (Lipinski definition) is 4. The lowest BCUT2D eigenvalue weighted by Crippen LogP contribution is -2.59. The maximum absolute atomic E-state index is 13.6. The fourth-order valence-electron chi connectivity index (χ4n) is 5.16. The summed E-state index contributed by atoms with van der Waals surface area (Å²) in [6.07, 6.45) is 3.18. The zero-order valence-corrected chi connectivity index (χ0v) is 21.9. The van der Waals surface area contributed by atoms with Crippen molar-refractivity contribution < 1.29 is 4.79 Å². The van der Waals surface area contributed by atoms with E-state index in [1.807, 2.05) is 17.0 Å². The monoisotopic (exact) mass is 500 g/mol. The van der Waals surface area contributed by atoms with Crippen LogP contribution < -0.4 is 17.2 Å². The van der Waals surface area contributed by atoms with Crippen LogP contribution in [-0.2, 0) is 17.6 Å². The second-order valence-electron chi connectivity index (χ2n) is 10.2. The van der Waals surface area contributed by atoms with Crippen LogP contribution in [0.3, 0.4) is 0 Å². The third kappa shape index (κ3) is 7.54. The molecule has 0 aromatic heterocycles. The van der Waals surface area contributed by atoms with Gasteiger partial charge in [0.25, 0.3) is 0 Å². The Labute approximate surface area is 220 Å². The number of aryl methyl sites for hydroxylation is 1. The first-order valence-electron chi connectivity index (χ1n) is 13.3. The van der Waals surface area contributed by atoms with Gasteiger partial charge in [0, 0.05) is 38.8 Å². The standard InChI is InChI=1S/C30H40N6O/c1-22-8-10-23(11-9-22)14-16-35-17-18-36(27(21-35)7-4-15-34-30(32)33)29(37)28(31)20-24-12-13-25-5-2-3-6-26(25)19-24/h2-3,5-6,8-13,19,27-28H,4,7,14-18,20-21,31H2,1H3,(H4,32,33,34)/t27?,28-/m1/s1. The minimum atomic E-state index is -0.569. The lowest BCUT2D eigenvalue weighted by atomic mass is 9.99. The van der Waals surface area contributed by atoms with Gasteiger partial charge >= 0.3 is 0 Å². The fourth-order valence-corrected chi connectivity index (χ4v) is 5.16. The normalized spacial score (nSPS) is 17.0. The highest BCUT2D eigenvalue weighted by Crippen LogP contribution is 2.20. The number of guanidine groups is 1. The topological polar surface area (TPSA) is 114 Å². The van der Waals surface area contributed by atoms with Crippen LogP contribution in [0.15, 0.2) is 71.7 Å². The quantitative estimate of drug-likeness (QED) is 0.225. The van der Waals surface area contributed by atoms with E-state index in [4.69, 9.17) is 17.2 Å². The molecule has 4 rings (SSSR count). The molecule has 3 aromatic carbocycles. The first-order chi connectivity index (χ1) is 17.9. The maximum Gasteiger partial charge on any atom is 0.240 e. The summed E-state index contributed by atoms with van der Waals surface area (Å²) in [6, 6.07) is 22.8. The Balaban J connectivity index is 1.39. The number of fused-ring (bicyclic) bond motifs is 1. The molecule has 3 aromatic rings. The van der Waals surface area contributed by atoms with Crippen LogP contribution in [0.2, 0.25) is 0 Å². The van der Waals surface area contributed by atoms with E-state index < -0.39 is 6.04 Å². The number of benzene rings is 3. The number of nitrogens with two attached hydrogens (primary N) is 3. The van der Waals surface area contributed by atoms with Gasteiger partial charge in [-0.3, -0.25) is 14.7 Å². The molecule has 0 aliphatic carbocycles. The number of rotatable bonds is 10. The van der Waals surface area contributed by atoms with Crippen LogP contribution in [0, 0.1) is 6.92 Å². The Morgan fingerprint density at radius 3 is 2.49 bits per heavy atom. The summed E-state index contributed by atoms with van der Waals surface area (Å²) in [5.41, 5.74) is 21.2. The molecule has 1 fully saturated rings. The average Bonchev–Trinajstić information content (AvgIpc) is 2.90. The minimum absolute atomic E-state index is 0.0261. The summed E-state index contributed by atoms with van der Waals surface area (Å²) >= 11 is 0. The van der Waals surface area contributed by atoms with E-state index >= 15 is 0 Å². The molecule has 7 nitrogen and oxygen atoms in total. The highest BCUT2D eigenvalue weighted by Gasteiger charge is 2.32. The molecule has 1 unspecified atom stereocenters. The summed E-state index contributed by atoms with van der Waals surface area (Å²) in [6.45, 7) is 6.02. The lowest BCUT2D eigenvalue weighted by Gasteiger charge is -2.42. The highest BCUT2D eigenvalue weighted by molar-refractivity contribution is 5.84. The van der Waals surface area contributed by atoms with Gasteiger partial charge in [-0.2, -0.15) is 0 Å². The smallest absolute Gasteiger partial charge is 0.240 e. The molecule has 0 radical (unpaired) electrons. The molecule has 1 saturated heterocycles. The van der Waals surface area contributed by atoms with E-state index in [2.05, 4.69) is 71.4 Å². The van der Waals surface area contributed by atoms with Crippen LogP contribution in [0.4, 0.5) is 0 Å². The zero-order chi connectivity index (χ0) is 26.2. The number of hydrogen-bond donors (Lipinski definition) is 3. The molecule has 37 heavy (non-hydrogen) atoms.